The van der Waals surface area contributed by atoms with Crippen molar-refractivity contribution in [3.05, 3.63) is 71.3 Å². The second kappa shape index (κ2) is 7.76. The maximum Gasteiger partial charge on any atom is 0.265 e. The molecule has 156 valence electrons. The third kappa shape index (κ3) is 3.56. The molecule has 0 aromatic heterocycles. The number of anilines is 1. The Labute approximate surface area is 177 Å². The molecule has 3 aromatic rings. The monoisotopic (exact) mass is 422 g/mol. The standard InChI is InChI=1S/C24H26N2O3S/c1-16-12-13-20(17(2)15-16)18(3)25-23(27)11-6-14-26-21-9-4-7-19-8-5-10-22(24(19)21)30(26,28)29/h4-5,7-10,12-13,15,18H,6,11,14H2,1-3H3,(H,25,27)/t18-/m1/s1. The number of sulfonamides is 1. The number of hydrogen-bond donors (Lipinski definition) is 1. The molecule has 0 bridgehead atoms. The average Bonchev–Trinajstić information content (AvgIpc) is 2.91. The van der Waals surface area contributed by atoms with Crippen LogP contribution in [0.4, 0.5) is 5.69 Å². The lowest BCUT2D eigenvalue weighted by Crippen LogP contribution is -2.31. The Balaban J connectivity index is 1.41. The molecule has 1 aliphatic heterocycles. The van der Waals surface area contributed by atoms with Crippen LogP contribution in [-0.4, -0.2) is 20.9 Å². The summed E-state index contributed by atoms with van der Waals surface area (Å²) in [6.07, 6.45) is 0.725. The molecule has 1 heterocycles. The van der Waals surface area contributed by atoms with Crippen LogP contribution in [-0.2, 0) is 14.8 Å². The van der Waals surface area contributed by atoms with Crippen LogP contribution in [0.1, 0.15) is 42.5 Å². The van der Waals surface area contributed by atoms with E-state index in [-0.39, 0.29) is 24.9 Å². The molecule has 30 heavy (non-hydrogen) atoms. The fourth-order valence-electron chi connectivity index (χ4n) is 4.29. The summed E-state index contributed by atoms with van der Waals surface area (Å²) in [5.41, 5.74) is 4.14. The Morgan fingerprint density at radius 1 is 1.07 bits per heavy atom. The summed E-state index contributed by atoms with van der Waals surface area (Å²) in [4.78, 5) is 12.8. The first-order chi connectivity index (χ1) is 14.3. The first-order valence-electron chi connectivity index (χ1n) is 10.2. The quantitative estimate of drug-likeness (QED) is 0.630. The van der Waals surface area contributed by atoms with E-state index in [2.05, 4.69) is 11.4 Å². The summed E-state index contributed by atoms with van der Waals surface area (Å²) in [5.74, 6) is -0.0743. The number of carbonyl (C=O) groups is 1. The van der Waals surface area contributed by atoms with Gasteiger partial charge in [-0.05, 0) is 55.8 Å². The van der Waals surface area contributed by atoms with E-state index >= 15 is 0 Å². The third-order valence-corrected chi connectivity index (χ3v) is 7.57. The fourth-order valence-corrected chi connectivity index (χ4v) is 6.03. The van der Waals surface area contributed by atoms with Gasteiger partial charge in [-0.1, -0.05) is 48.0 Å². The van der Waals surface area contributed by atoms with Crippen molar-refractivity contribution in [2.24, 2.45) is 0 Å². The van der Waals surface area contributed by atoms with E-state index in [9.17, 15) is 13.2 Å². The fraction of sp³-hybridized carbons (Fsp3) is 0.292. The summed E-state index contributed by atoms with van der Waals surface area (Å²) in [5, 5.41) is 4.72. The van der Waals surface area contributed by atoms with Crippen LogP contribution in [0.3, 0.4) is 0 Å². The first-order valence-corrected chi connectivity index (χ1v) is 11.6. The molecule has 0 spiro atoms. The molecule has 3 aromatic carbocycles. The van der Waals surface area contributed by atoms with Gasteiger partial charge in [0.15, 0.2) is 0 Å². The molecule has 0 unspecified atom stereocenters. The number of amides is 1. The van der Waals surface area contributed by atoms with Gasteiger partial charge in [-0.25, -0.2) is 8.42 Å². The second-order valence-corrected chi connectivity index (χ2v) is 9.79. The van der Waals surface area contributed by atoms with Crippen LogP contribution in [0.2, 0.25) is 0 Å². The van der Waals surface area contributed by atoms with Crippen LogP contribution < -0.4 is 9.62 Å². The molecular formula is C24H26N2O3S. The molecule has 0 radical (unpaired) electrons. The predicted molar refractivity (Wildman–Crippen MR) is 120 cm³/mol. The van der Waals surface area contributed by atoms with E-state index in [0.29, 0.717) is 17.0 Å². The van der Waals surface area contributed by atoms with Gasteiger partial charge in [-0.3, -0.25) is 9.10 Å². The lowest BCUT2D eigenvalue weighted by molar-refractivity contribution is -0.121. The molecule has 5 nitrogen and oxygen atoms in total. The number of aryl methyl sites for hydroxylation is 2. The summed E-state index contributed by atoms with van der Waals surface area (Å²) in [6, 6.07) is 17.1. The van der Waals surface area contributed by atoms with Crippen molar-refractivity contribution in [2.45, 2.75) is 44.6 Å². The molecule has 0 aliphatic carbocycles. The molecule has 0 saturated heterocycles. The third-order valence-electron chi connectivity index (χ3n) is 5.72. The molecule has 1 amide bonds. The summed E-state index contributed by atoms with van der Waals surface area (Å²) < 4.78 is 27.4. The molecule has 1 atom stereocenters. The van der Waals surface area contributed by atoms with Gasteiger partial charge in [0.05, 0.1) is 16.6 Å². The SMILES string of the molecule is Cc1ccc([C@@H](C)NC(=O)CCCN2c3cccc4cccc(c34)S2(=O)=O)c(C)c1. The van der Waals surface area contributed by atoms with Crippen molar-refractivity contribution in [2.75, 3.05) is 10.8 Å². The van der Waals surface area contributed by atoms with Crippen LogP contribution in [0.25, 0.3) is 10.8 Å². The highest BCUT2D eigenvalue weighted by Gasteiger charge is 2.35. The Morgan fingerprint density at radius 2 is 1.80 bits per heavy atom. The topological polar surface area (TPSA) is 66.5 Å². The number of nitrogens with zero attached hydrogens (tertiary/aromatic N) is 1. The van der Waals surface area contributed by atoms with Gasteiger partial charge < -0.3 is 5.32 Å². The van der Waals surface area contributed by atoms with Crippen molar-refractivity contribution in [3.8, 4) is 0 Å². The second-order valence-electron chi connectivity index (χ2n) is 7.96. The summed E-state index contributed by atoms with van der Waals surface area (Å²) >= 11 is 0. The molecule has 6 heteroatoms. The Kier molecular flexibility index (Phi) is 5.28. The van der Waals surface area contributed by atoms with Gasteiger partial charge >= 0.3 is 0 Å². The van der Waals surface area contributed by atoms with Crippen molar-refractivity contribution in [1.29, 1.82) is 0 Å². The van der Waals surface area contributed by atoms with Crippen molar-refractivity contribution >= 4 is 32.4 Å². The zero-order valence-electron chi connectivity index (χ0n) is 17.5. The molecule has 0 saturated carbocycles. The van der Waals surface area contributed by atoms with Gasteiger partial charge in [0, 0.05) is 18.4 Å². The van der Waals surface area contributed by atoms with Crippen LogP contribution in [0.5, 0.6) is 0 Å². The van der Waals surface area contributed by atoms with E-state index in [1.165, 1.54) is 9.87 Å². The minimum atomic E-state index is -3.57. The van der Waals surface area contributed by atoms with Gasteiger partial charge in [0.1, 0.15) is 0 Å². The van der Waals surface area contributed by atoms with Gasteiger partial charge in [0.2, 0.25) is 5.91 Å². The van der Waals surface area contributed by atoms with Gasteiger partial charge in [-0.15, -0.1) is 0 Å². The van der Waals surface area contributed by atoms with Crippen LogP contribution in [0, 0.1) is 13.8 Å². The zero-order chi connectivity index (χ0) is 21.5. The minimum absolute atomic E-state index is 0.0743. The van der Waals surface area contributed by atoms with Crippen molar-refractivity contribution in [1.82, 2.24) is 5.32 Å². The number of rotatable bonds is 6. The molecule has 0 fully saturated rings. The number of carbonyl (C=O) groups excluding carboxylic acids is 1. The summed E-state index contributed by atoms with van der Waals surface area (Å²) in [6.45, 7) is 6.34. The number of nitrogens with one attached hydrogen (secondary N) is 1. The average molecular weight is 423 g/mol. The van der Waals surface area contributed by atoms with Crippen molar-refractivity contribution < 1.29 is 13.2 Å². The maximum absolute atomic E-state index is 13.0. The highest BCUT2D eigenvalue weighted by Crippen LogP contribution is 2.41. The van der Waals surface area contributed by atoms with Gasteiger partial charge in [-0.2, -0.15) is 0 Å². The lowest BCUT2D eigenvalue weighted by Gasteiger charge is -2.20. The van der Waals surface area contributed by atoms with E-state index in [4.69, 9.17) is 0 Å². The Bertz CT molecular complexity index is 1230. The van der Waals surface area contributed by atoms with E-state index in [1.807, 2.05) is 57.2 Å². The van der Waals surface area contributed by atoms with E-state index in [1.54, 1.807) is 12.1 Å². The minimum Gasteiger partial charge on any atom is -0.350 e. The number of benzene rings is 3. The van der Waals surface area contributed by atoms with E-state index in [0.717, 1.165) is 21.9 Å². The molecule has 1 aliphatic rings. The first kappa shape index (κ1) is 20.4. The maximum atomic E-state index is 13.0. The molecular weight excluding hydrogens is 396 g/mol. The Hall–Kier alpha value is -2.86. The highest BCUT2D eigenvalue weighted by molar-refractivity contribution is 7.93. The smallest absolute Gasteiger partial charge is 0.265 e. The van der Waals surface area contributed by atoms with Gasteiger partial charge in [0.25, 0.3) is 10.0 Å². The zero-order valence-corrected chi connectivity index (χ0v) is 18.3. The Morgan fingerprint density at radius 3 is 2.53 bits per heavy atom. The highest BCUT2D eigenvalue weighted by atomic mass is 32.2. The summed E-state index contributed by atoms with van der Waals surface area (Å²) in [7, 11) is -3.57. The lowest BCUT2D eigenvalue weighted by atomic mass is 10.00. The number of hydrogen-bond acceptors (Lipinski definition) is 3. The van der Waals surface area contributed by atoms with E-state index < -0.39 is 10.0 Å². The van der Waals surface area contributed by atoms with Crippen LogP contribution >= 0.6 is 0 Å². The van der Waals surface area contributed by atoms with Crippen molar-refractivity contribution in [3.63, 3.8) is 0 Å². The molecule has 4 rings (SSSR count). The molecule has 1 N–H and O–H groups in total. The predicted octanol–water partition coefficient (Wildman–Crippen LogP) is 4.62. The normalized spacial score (nSPS) is 15.4. The largest absolute Gasteiger partial charge is 0.350 e. The van der Waals surface area contributed by atoms with Crippen LogP contribution in [0.15, 0.2) is 59.5 Å².